The first-order valence-corrected chi connectivity index (χ1v) is 7.45. The molecular weight excluding hydrogens is 279 g/mol. The first kappa shape index (κ1) is 16.3. The van der Waals surface area contributed by atoms with Crippen LogP contribution in [0.1, 0.15) is 49.8 Å². The van der Waals surface area contributed by atoms with Crippen molar-refractivity contribution in [3.8, 4) is 0 Å². The summed E-state index contributed by atoms with van der Waals surface area (Å²) in [5.74, 6) is 0.668. The topological polar surface area (TPSA) is 32.3 Å². The van der Waals surface area contributed by atoms with Gasteiger partial charge in [-0.2, -0.15) is 13.2 Å². The summed E-state index contributed by atoms with van der Waals surface area (Å²) in [6.45, 7) is 2.50. The molecule has 1 aromatic rings. The number of aliphatic hydroxyl groups is 1. The van der Waals surface area contributed by atoms with Crippen LogP contribution in [0.3, 0.4) is 0 Å². The van der Waals surface area contributed by atoms with Gasteiger partial charge in [0, 0.05) is 12.6 Å². The Balaban J connectivity index is 1.92. The van der Waals surface area contributed by atoms with Crippen molar-refractivity contribution in [2.45, 2.75) is 50.9 Å². The van der Waals surface area contributed by atoms with Gasteiger partial charge in [0.05, 0.1) is 11.7 Å². The lowest BCUT2D eigenvalue weighted by atomic mass is 9.87. The van der Waals surface area contributed by atoms with Gasteiger partial charge in [0.25, 0.3) is 0 Å². The Morgan fingerprint density at radius 2 is 2.10 bits per heavy atom. The van der Waals surface area contributed by atoms with Gasteiger partial charge in [-0.05, 0) is 36.5 Å². The van der Waals surface area contributed by atoms with Crippen LogP contribution in [0.2, 0.25) is 0 Å². The molecule has 0 heterocycles. The molecule has 3 atom stereocenters. The largest absolute Gasteiger partial charge is 0.416 e. The maximum absolute atomic E-state index is 12.7. The van der Waals surface area contributed by atoms with Crippen molar-refractivity contribution in [2.24, 2.45) is 5.92 Å². The molecule has 1 aliphatic carbocycles. The Kier molecular flexibility index (Phi) is 5.27. The van der Waals surface area contributed by atoms with Gasteiger partial charge in [-0.3, -0.25) is 0 Å². The number of hydrogen-bond donors (Lipinski definition) is 2. The second-order valence-electron chi connectivity index (χ2n) is 6.02. The predicted molar refractivity (Wildman–Crippen MR) is 75.8 cm³/mol. The quantitative estimate of drug-likeness (QED) is 0.884. The third-order valence-electron chi connectivity index (χ3n) is 4.13. The van der Waals surface area contributed by atoms with Crippen molar-refractivity contribution in [3.05, 3.63) is 35.4 Å². The minimum atomic E-state index is -4.37. The Morgan fingerprint density at radius 3 is 2.76 bits per heavy atom. The molecule has 2 rings (SSSR count). The zero-order valence-corrected chi connectivity index (χ0v) is 12.2. The van der Waals surface area contributed by atoms with Crippen LogP contribution in [0, 0.1) is 5.92 Å². The summed E-state index contributed by atoms with van der Waals surface area (Å²) in [5, 5.41) is 13.4. The van der Waals surface area contributed by atoms with E-state index in [4.69, 9.17) is 0 Å². The third-order valence-corrected chi connectivity index (χ3v) is 4.13. The van der Waals surface area contributed by atoms with Crippen LogP contribution in [-0.4, -0.2) is 17.7 Å². The van der Waals surface area contributed by atoms with Crippen LogP contribution < -0.4 is 5.32 Å². The minimum absolute atomic E-state index is 0.290. The number of alkyl halides is 3. The molecule has 1 fully saturated rings. The smallest absolute Gasteiger partial charge is 0.387 e. The zero-order chi connectivity index (χ0) is 15.5. The standard InChI is InChI=1S/C16H22F3NO/c1-11-4-2-7-14(8-11)20-10-15(21)12-5-3-6-13(9-12)16(17,18)19/h3,5-6,9,11,14-15,20-21H,2,4,7-8,10H2,1H3. The monoisotopic (exact) mass is 301 g/mol. The van der Waals surface area contributed by atoms with E-state index in [1.165, 1.54) is 25.0 Å². The van der Waals surface area contributed by atoms with Crippen molar-refractivity contribution in [1.29, 1.82) is 0 Å². The van der Waals surface area contributed by atoms with Crippen molar-refractivity contribution in [1.82, 2.24) is 5.32 Å². The van der Waals surface area contributed by atoms with E-state index in [2.05, 4.69) is 12.2 Å². The van der Waals surface area contributed by atoms with Crippen LogP contribution in [0.4, 0.5) is 13.2 Å². The number of hydrogen-bond acceptors (Lipinski definition) is 2. The van der Waals surface area contributed by atoms with Crippen LogP contribution in [0.15, 0.2) is 24.3 Å². The molecule has 21 heavy (non-hydrogen) atoms. The highest BCUT2D eigenvalue weighted by atomic mass is 19.4. The van der Waals surface area contributed by atoms with E-state index in [0.29, 0.717) is 24.1 Å². The lowest BCUT2D eigenvalue weighted by Crippen LogP contribution is -2.36. The fraction of sp³-hybridized carbons (Fsp3) is 0.625. The van der Waals surface area contributed by atoms with Crippen LogP contribution in [0.25, 0.3) is 0 Å². The summed E-state index contributed by atoms with van der Waals surface area (Å²) >= 11 is 0. The summed E-state index contributed by atoms with van der Waals surface area (Å²) < 4.78 is 38.0. The Bertz CT molecular complexity index is 461. The van der Waals surface area contributed by atoms with E-state index in [1.54, 1.807) is 0 Å². The molecule has 0 aromatic heterocycles. The van der Waals surface area contributed by atoms with Crippen molar-refractivity contribution in [2.75, 3.05) is 6.54 Å². The number of rotatable bonds is 4. The molecule has 1 aliphatic rings. The Morgan fingerprint density at radius 1 is 1.33 bits per heavy atom. The fourth-order valence-corrected chi connectivity index (χ4v) is 2.94. The molecule has 0 amide bonds. The number of halogens is 3. The average Bonchev–Trinajstić information content (AvgIpc) is 2.44. The molecule has 118 valence electrons. The van der Waals surface area contributed by atoms with Crippen molar-refractivity contribution < 1.29 is 18.3 Å². The first-order chi connectivity index (χ1) is 9.86. The van der Waals surface area contributed by atoms with Crippen LogP contribution >= 0.6 is 0 Å². The SMILES string of the molecule is CC1CCCC(NCC(O)c2cccc(C(F)(F)F)c2)C1. The molecule has 0 saturated heterocycles. The molecular formula is C16H22F3NO. The molecule has 0 bridgehead atoms. The fourth-order valence-electron chi connectivity index (χ4n) is 2.94. The van der Waals surface area contributed by atoms with E-state index in [1.807, 2.05) is 0 Å². The average molecular weight is 301 g/mol. The van der Waals surface area contributed by atoms with Gasteiger partial charge in [-0.15, -0.1) is 0 Å². The molecule has 2 N–H and O–H groups in total. The zero-order valence-electron chi connectivity index (χ0n) is 12.2. The number of nitrogens with one attached hydrogen (secondary N) is 1. The number of aliphatic hydroxyl groups excluding tert-OH is 1. The first-order valence-electron chi connectivity index (χ1n) is 7.45. The third kappa shape index (κ3) is 4.71. The van der Waals surface area contributed by atoms with Gasteiger partial charge in [-0.1, -0.05) is 31.9 Å². The highest BCUT2D eigenvalue weighted by molar-refractivity contribution is 5.27. The normalized spacial score (nSPS) is 24.8. The Labute approximate surface area is 123 Å². The van der Waals surface area contributed by atoms with E-state index < -0.39 is 17.8 Å². The van der Waals surface area contributed by atoms with Gasteiger partial charge in [0.15, 0.2) is 0 Å². The van der Waals surface area contributed by atoms with Gasteiger partial charge in [0.2, 0.25) is 0 Å². The molecule has 1 aromatic carbocycles. The summed E-state index contributed by atoms with van der Waals surface area (Å²) in [7, 11) is 0. The van der Waals surface area contributed by atoms with Gasteiger partial charge >= 0.3 is 6.18 Å². The molecule has 1 saturated carbocycles. The number of benzene rings is 1. The summed E-state index contributed by atoms with van der Waals surface area (Å²) in [5.41, 5.74) is -0.411. The maximum Gasteiger partial charge on any atom is 0.416 e. The van der Waals surface area contributed by atoms with E-state index in [0.717, 1.165) is 25.0 Å². The summed E-state index contributed by atoms with van der Waals surface area (Å²) in [6.07, 6.45) is -0.756. The lowest BCUT2D eigenvalue weighted by molar-refractivity contribution is -0.137. The molecule has 3 unspecified atom stereocenters. The van der Waals surface area contributed by atoms with Gasteiger partial charge < -0.3 is 10.4 Å². The van der Waals surface area contributed by atoms with E-state index >= 15 is 0 Å². The predicted octanol–water partition coefficient (Wildman–Crippen LogP) is 3.91. The van der Waals surface area contributed by atoms with E-state index in [-0.39, 0.29) is 0 Å². The molecule has 2 nitrogen and oxygen atoms in total. The van der Waals surface area contributed by atoms with Crippen molar-refractivity contribution in [3.63, 3.8) is 0 Å². The Hall–Kier alpha value is -1.07. The van der Waals surface area contributed by atoms with Crippen LogP contribution in [0.5, 0.6) is 0 Å². The minimum Gasteiger partial charge on any atom is -0.387 e. The van der Waals surface area contributed by atoms with Gasteiger partial charge in [0.1, 0.15) is 0 Å². The molecule has 0 aliphatic heterocycles. The summed E-state index contributed by atoms with van der Waals surface area (Å²) in [4.78, 5) is 0. The summed E-state index contributed by atoms with van der Waals surface area (Å²) in [6, 6.07) is 5.27. The molecule has 0 spiro atoms. The second kappa shape index (κ2) is 6.79. The van der Waals surface area contributed by atoms with Crippen molar-refractivity contribution >= 4 is 0 Å². The van der Waals surface area contributed by atoms with E-state index in [9.17, 15) is 18.3 Å². The van der Waals surface area contributed by atoms with Crippen LogP contribution in [-0.2, 0) is 6.18 Å². The second-order valence-corrected chi connectivity index (χ2v) is 6.02. The highest BCUT2D eigenvalue weighted by Gasteiger charge is 2.31. The lowest BCUT2D eigenvalue weighted by Gasteiger charge is -2.28. The maximum atomic E-state index is 12.7. The highest BCUT2D eigenvalue weighted by Crippen LogP contribution is 2.31. The molecule has 5 heteroatoms. The van der Waals surface area contributed by atoms with Gasteiger partial charge in [-0.25, -0.2) is 0 Å². The molecule has 0 radical (unpaired) electrons.